The topological polar surface area (TPSA) is 78.9 Å². The van der Waals surface area contributed by atoms with Gasteiger partial charge >= 0.3 is 0 Å². The maximum absolute atomic E-state index is 6.12. The highest BCUT2D eigenvalue weighted by molar-refractivity contribution is 7.99. The van der Waals surface area contributed by atoms with Crippen LogP contribution in [0.15, 0.2) is 58.2 Å². The van der Waals surface area contributed by atoms with Crippen molar-refractivity contribution in [1.29, 1.82) is 0 Å². The van der Waals surface area contributed by atoms with E-state index in [9.17, 15) is 0 Å². The summed E-state index contributed by atoms with van der Waals surface area (Å²) in [5, 5.41) is 14.4. The number of ether oxygens (including phenoxy) is 1. The summed E-state index contributed by atoms with van der Waals surface area (Å²) in [5.74, 6) is 3.32. The number of nitrogens with zero attached hydrogens (tertiary/aromatic N) is 5. The first-order valence-corrected chi connectivity index (χ1v) is 11.2. The highest BCUT2D eigenvalue weighted by Gasteiger charge is 2.30. The van der Waals surface area contributed by atoms with E-state index in [0.29, 0.717) is 22.7 Å². The lowest BCUT2D eigenvalue weighted by molar-refractivity contribution is 0.374. The van der Waals surface area contributed by atoms with Crippen molar-refractivity contribution in [1.82, 2.24) is 24.9 Å². The molecule has 0 aliphatic heterocycles. The Labute approximate surface area is 188 Å². The number of hydrogen-bond donors (Lipinski definition) is 0. The van der Waals surface area contributed by atoms with Crippen LogP contribution in [0.25, 0.3) is 17.1 Å². The fourth-order valence-electron chi connectivity index (χ4n) is 3.25. The third-order valence-corrected chi connectivity index (χ3v) is 6.36. The molecule has 0 saturated heterocycles. The zero-order valence-electron chi connectivity index (χ0n) is 17.0. The van der Waals surface area contributed by atoms with Crippen LogP contribution in [0.5, 0.6) is 5.75 Å². The van der Waals surface area contributed by atoms with Gasteiger partial charge in [-0.15, -0.1) is 10.2 Å². The number of rotatable bonds is 7. The molecule has 1 unspecified atom stereocenters. The molecule has 1 fully saturated rings. The van der Waals surface area contributed by atoms with Gasteiger partial charge in [0.05, 0.1) is 12.4 Å². The first-order valence-electron chi connectivity index (χ1n) is 9.98. The van der Waals surface area contributed by atoms with Crippen molar-refractivity contribution in [3.8, 4) is 22.8 Å². The van der Waals surface area contributed by atoms with Crippen LogP contribution in [-0.4, -0.2) is 32.0 Å². The van der Waals surface area contributed by atoms with Crippen LogP contribution < -0.4 is 4.74 Å². The van der Waals surface area contributed by atoms with Gasteiger partial charge in [0.2, 0.25) is 5.89 Å². The molecule has 2 heterocycles. The molecule has 5 rings (SSSR count). The van der Waals surface area contributed by atoms with E-state index in [1.165, 1.54) is 11.8 Å². The summed E-state index contributed by atoms with van der Waals surface area (Å²) in [7, 11) is 1.65. The Morgan fingerprint density at radius 1 is 1.16 bits per heavy atom. The second-order valence-corrected chi connectivity index (χ2v) is 9.12. The molecule has 0 radical (unpaired) electrons. The summed E-state index contributed by atoms with van der Waals surface area (Å²) in [6.45, 7) is 2.03. The summed E-state index contributed by atoms with van der Waals surface area (Å²) in [4.78, 5) is 4.58. The van der Waals surface area contributed by atoms with Gasteiger partial charge in [0, 0.05) is 22.2 Å². The molecule has 0 spiro atoms. The van der Waals surface area contributed by atoms with Crippen molar-refractivity contribution >= 4 is 23.4 Å². The smallest absolute Gasteiger partial charge is 0.239 e. The molecular formula is C22H20ClN5O2S. The molecule has 2 aromatic heterocycles. The third-order valence-electron chi connectivity index (χ3n) is 5.08. The van der Waals surface area contributed by atoms with Gasteiger partial charge in [-0.25, -0.2) is 0 Å². The number of methoxy groups -OCH3 is 1. The predicted octanol–water partition coefficient (Wildman–Crippen LogP) is 5.71. The average molecular weight is 454 g/mol. The Balaban J connectivity index is 1.53. The van der Waals surface area contributed by atoms with Gasteiger partial charge < -0.3 is 9.26 Å². The molecule has 7 nitrogen and oxygen atoms in total. The van der Waals surface area contributed by atoms with E-state index in [1.54, 1.807) is 7.11 Å². The van der Waals surface area contributed by atoms with E-state index < -0.39 is 0 Å². The molecule has 1 aliphatic carbocycles. The van der Waals surface area contributed by atoms with Crippen molar-refractivity contribution < 1.29 is 9.26 Å². The minimum Gasteiger partial charge on any atom is -0.497 e. The van der Waals surface area contributed by atoms with E-state index in [0.717, 1.165) is 40.8 Å². The highest BCUT2D eigenvalue weighted by atomic mass is 35.5. The van der Waals surface area contributed by atoms with Crippen LogP contribution >= 0.6 is 23.4 Å². The van der Waals surface area contributed by atoms with Gasteiger partial charge in [0.25, 0.3) is 0 Å². The number of thioether (sulfide) groups is 1. The maximum atomic E-state index is 6.12. The van der Waals surface area contributed by atoms with Crippen LogP contribution in [0.1, 0.15) is 42.6 Å². The van der Waals surface area contributed by atoms with Crippen molar-refractivity contribution in [3.05, 3.63) is 65.3 Å². The Bertz CT molecular complexity index is 1200. The third kappa shape index (κ3) is 4.18. The van der Waals surface area contributed by atoms with Crippen LogP contribution in [0.2, 0.25) is 5.02 Å². The van der Waals surface area contributed by atoms with Crippen LogP contribution in [0.3, 0.4) is 0 Å². The van der Waals surface area contributed by atoms with E-state index >= 15 is 0 Å². The molecule has 158 valence electrons. The lowest BCUT2D eigenvalue weighted by Gasteiger charge is -2.12. The van der Waals surface area contributed by atoms with Crippen molar-refractivity contribution in [2.75, 3.05) is 7.11 Å². The highest BCUT2D eigenvalue weighted by Crippen LogP contribution is 2.41. The number of hydrogen-bond acceptors (Lipinski definition) is 7. The van der Waals surface area contributed by atoms with Crippen molar-refractivity contribution in [2.24, 2.45) is 0 Å². The molecule has 1 atom stereocenters. The Morgan fingerprint density at radius 2 is 1.97 bits per heavy atom. The predicted molar refractivity (Wildman–Crippen MR) is 119 cm³/mol. The van der Waals surface area contributed by atoms with E-state index in [1.807, 2.05) is 60.0 Å². The lowest BCUT2D eigenvalue weighted by atomic mass is 10.2. The average Bonchev–Trinajstić information content (AvgIpc) is 3.37. The Morgan fingerprint density at radius 3 is 2.71 bits per heavy atom. The largest absolute Gasteiger partial charge is 0.497 e. The first kappa shape index (κ1) is 20.1. The molecule has 4 aromatic rings. The van der Waals surface area contributed by atoms with E-state index in [-0.39, 0.29) is 5.25 Å². The SMILES string of the molecule is COc1cccc(-c2nnc(SC(C)c3nc(C4CC4)no3)n2-c2ccc(Cl)cc2)c1. The number of aromatic nitrogens is 5. The standard InChI is InChI=1S/C22H20ClN5O2S/c1-13(21-24-19(27-30-21)14-6-7-14)31-22-26-25-20(15-4-3-5-18(12-15)29-2)28(22)17-10-8-16(23)9-11-17/h3-5,8-14H,6-7H2,1-2H3. The van der Waals surface area contributed by atoms with Gasteiger partial charge in [-0.1, -0.05) is 40.7 Å². The van der Waals surface area contributed by atoms with Gasteiger partial charge in [0.1, 0.15) is 5.75 Å². The molecule has 9 heteroatoms. The molecule has 0 N–H and O–H groups in total. The molecule has 1 aliphatic rings. The van der Waals surface area contributed by atoms with Crippen molar-refractivity contribution in [2.45, 2.75) is 36.1 Å². The zero-order valence-corrected chi connectivity index (χ0v) is 18.6. The summed E-state index contributed by atoms with van der Waals surface area (Å²) < 4.78 is 12.9. The number of benzene rings is 2. The minimum atomic E-state index is -0.0755. The molecule has 31 heavy (non-hydrogen) atoms. The summed E-state index contributed by atoms with van der Waals surface area (Å²) in [5.41, 5.74) is 1.81. The fourth-order valence-corrected chi connectivity index (χ4v) is 4.27. The fraction of sp³-hybridized carbons (Fsp3) is 0.273. The molecule has 2 aromatic carbocycles. The first-order chi connectivity index (χ1) is 15.1. The summed E-state index contributed by atoms with van der Waals surface area (Å²) >= 11 is 7.64. The van der Waals surface area contributed by atoms with Crippen LogP contribution in [0.4, 0.5) is 0 Å². The molecule has 0 bridgehead atoms. The summed E-state index contributed by atoms with van der Waals surface area (Å²) in [6, 6.07) is 15.3. The molecule has 0 amide bonds. The van der Waals surface area contributed by atoms with Gasteiger partial charge in [0.15, 0.2) is 16.8 Å². The van der Waals surface area contributed by atoms with Gasteiger partial charge in [-0.3, -0.25) is 4.57 Å². The van der Waals surface area contributed by atoms with Crippen LogP contribution in [-0.2, 0) is 0 Å². The van der Waals surface area contributed by atoms with E-state index in [2.05, 4.69) is 20.3 Å². The molecular weight excluding hydrogens is 434 g/mol. The maximum Gasteiger partial charge on any atom is 0.239 e. The van der Waals surface area contributed by atoms with Crippen LogP contribution in [0, 0.1) is 0 Å². The van der Waals surface area contributed by atoms with Gasteiger partial charge in [-0.05, 0) is 56.2 Å². The normalized spacial score (nSPS) is 14.5. The molecule has 1 saturated carbocycles. The van der Waals surface area contributed by atoms with Gasteiger partial charge in [-0.2, -0.15) is 4.98 Å². The minimum absolute atomic E-state index is 0.0755. The lowest BCUT2D eigenvalue weighted by Crippen LogP contribution is -2.01. The Hall–Kier alpha value is -2.84. The summed E-state index contributed by atoms with van der Waals surface area (Å²) in [6.07, 6.45) is 2.27. The Kier molecular flexibility index (Phi) is 5.41. The quantitative estimate of drug-likeness (QED) is 0.331. The van der Waals surface area contributed by atoms with E-state index in [4.69, 9.17) is 20.9 Å². The zero-order chi connectivity index (χ0) is 21.4. The number of halogens is 1. The van der Waals surface area contributed by atoms with Crippen molar-refractivity contribution in [3.63, 3.8) is 0 Å². The monoisotopic (exact) mass is 453 g/mol. The second kappa shape index (κ2) is 8.36. The second-order valence-electron chi connectivity index (χ2n) is 7.38.